The van der Waals surface area contributed by atoms with Gasteiger partial charge in [-0.25, -0.2) is 8.37 Å². The van der Waals surface area contributed by atoms with Crippen LogP contribution < -0.4 is 80.9 Å². The van der Waals surface area contributed by atoms with Crippen molar-refractivity contribution in [2.45, 2.75) is 142 Å². The van der Waals surface area contributed by atoms with Gasteiger partial charge in [0.1, 0.15) is 0 Å². The summed E-state index contributed by atoms with van der Waals surface area (Å²) in [4.78, 5) is 0. The molecule has 0 radical (unpaired) electrons. The van der Waals surface area contributed by atoms with Gasteiger partial charge in [0.25, 0.3) is 0 Å². The minimum absolute atomic E-state index is 0. The molecule has 0 aliphatic rings. The molecular formula is C24H52KNaO12S3. The first kappa shape index (κ1) is 52.8. The van der Waals surface area contributed by atoms with Crippen LogP contribution in [0.25, 0.3) is 0 Å². The predicted octanol–water partition coefficient (Wildman–Crippen LogP) is 0.123. The van der Waals surface area contributed by atoms with Crippen LogP contribution in [0.5, 0.6) is 0 Å². The maximum atomic E-state index is 10.2. The van der Waals surface area contributed by atoms with Crippen molar-refractivity contribution in [1.82, 2.24) is 0 Å². The quantitative estimate of drug-likeness (QED) is 0.0600. The Morgan fingerprint density at radius 1 is 0.463 bits per heavy atom. The zero-order chi connectivity index (χ0) is 30.5. The zero-order valence-electron chi connectivity index (χ0n) is 25.8. The molecule has 0 heterocycles. The number of rotatable bonds is 24. The van der Waals surface area contributed by atoms with Crippen molar-refractivity contribution in [3.05, 3.63) is 0 Å². The van der Waals surface area contributed by atoms with E-state index < -0.39 is 31.2 Å². The Kier molecular flexibility index (Phi) is 47.2. The first-order valence-electron chi connectivity index (χ1n) is 14.0. The Morgan fingerprint density at radius 2 is 0.634 bits per heavy atom. The molecule has 41 heavy (non-hydrogen) atoms. The molecular weight excluding hydrogens is 639 g/mol. The molecule has 0 saturated heterocycles. The molecule has 2 N–H and O–H groups in total. The molecule has 17 heteroatoms. The molecule has 0 aromatic carbocycles. The maximum Gasteiger partial charge on any atom is 1.00 e. The third kappa shape index (κ3) is 74.8. The minimum atomic E-state index is -5.17. The van der Waals surface area contributed by atoms with Crippen molar-refractivity contribution < 1.29 is 133 Å². The molecule has 12 nitrogen and oxygen atoms in total. The molecule has 0 aromatic rings. The van der Waals surface area contributed by atoms with E-state index in [4.69, 9.17) is 26.6 Å². The van der Waals surface area contributed by atoms with Gasteiger partial charge < -0.3 is 9.11 Å². The molecule has 0 bridgehead atoms. The molecule has 0 aromatic heterocycles. The minimum Gasteiger partial charge on any atom is -0.759 e. The van der Waals surface area contributed by atoms with Gasteiger partial charge in [0.2, 0.25) is 0 Å². The Balaban J connectivity index is -0.000000173. The summed E-state index contributed by atoms with van der Waals surface area (Å²) in [7, 11) is -13.6. The summed E-state index contributed by atoms with van der Waals surface area (Å²) in [5, 5.41) is 0. The van der Waals surface area contributed by atoms with Crippen molar-refractivity contribution in [3.8, 4) is 0 Å². The summed E-state index contributed by atoms with van der Waals surface area (Å²) in [5.41, 5.74) is 0. The van der Waals surface area contributed by atoms with Gasteiger partial charge in [0, 0.05) is 10.4 Å². The van der Waals surface area contributed by atoms with Crippen molar-refractivity contribution in [1.29, 1.82) is 0 Å². The molecule has 0 atom stereocenters. The van der Waals surface area contributed by atoms with Gasteiger partial charge in [-0.3, -0.25) is 17.5 Å². The summed E-state index contributed by atoms with van der Waals surface area (Å²) >= 11 is 0. The number of hydrogen-bond donors (Lipinski definition) is 2. The Bertz CT molecular complexity index is 765. The van der Waals surface area contributed by atoms with E-state index in [2.05, 4.69) is 22.2 Å². The fourth-order valence-electron chi connectivity index (χ4n) is 3.51. The van der Waals surface area contributed by atoms with E-state index in [1.165, 1.54) is 89.9 Å². The van der Waals surface area contributed by atoms with E-state index in [1.807, 2.05) is 0 Å². The molecule has 0 saturated carbocycles. The standard InChI is InChI=1S/2C12H26O4S.K.Na.H2O4S/c2*1-2-3-4-5-6-7-8-9-10-11-12-16-17(13,14)15;;;1-5(2,3)4/h2*2-12H2,1H3,(H,13,14,15);;;(H2,1,2,3,4)/q;;2*+1;/p-2. The van der Waals surface area contributed by atoms with Gasteiger partial charge in [-0.15, -0.1) is 0 Å². The fourth-order valence-corrected chi connectivity index (χ4v) is 4.16. The van der Waals surface area contributed by atoms with Crippen LogP contribution in [0, 0.1) is 0 Å². The fraction of sp³-hybridized carbons (Fsp3) is 1.00. The van der Waals surface area contributed by atoms with Crippen molar-refractivity contribution in [3.63, 3.8) is 0 Å². The first-order chi connectivity index (χ1) is 18.1. The Labute approximate surface area is 315 Å². The summed E-state index contributed by atoms with van der Waals surface area (Å²) in [6.07, 6.45) is 23.7. The normalized spacial score (nSPS) is 11.3. The van der Waals surface area contributed by atoms with E-state index >= 15 is 0 Å². The van der Waals surface area contributed by atoms with Gasteiger partial charge in [0.05, 0.1) is 13.2 Å². The van der Waals surface area contributed by atoms with Crippen LogP contribution in [0.3, 0.4) is 0 Å². The topological polar surface area (TPSA) is 207 Å². The van der Waals surface area contributed by atoms with Gasteiger partial charge in [-0.05, 0) is 12.8 Å². The van der Waals surface area contributed by atoms with E-state index in [1.54, 1.807) is 0 Å². The molecule has 0 rings (SSSR count). The van der Waals surface area contributed by atoms with Crippen molar-refractivity contribution in [2.75, 3.05) is 13.2 Å². The second-order valence-electron chi connectivity index (χ2n) is 9.27. The third-order valence-corrected chi connectivity index (χ3v) is 6.39. The smallest absolute Gasteiger partial charge is 0.759 e. The molecule has 0 aliphatic carbocycles. The second kappa shape index (κ2) is 36.7. The summed E-state index contributed by atoms with van der Waals surface area (Å²) in [5.74, 6) is 0. The van der Waals surface area contributed by atoms with E-state index in [-0.39, 0.29) is 94.2 Å². The first-order valence-corrected chi connectivity index (χ1v) is 18.1. The largest absolute Gasteiger partial charge is 1.00 e. The Hall–Kier alpha value is 2.25. The average molecular weight is 691 g/mol. The van der Waals surface area contributed by atoms with Crippen LogP contribution in [-0.4, -0.2) is 56.7 Å². The van der Waals surface area contributed by atoms with Crippen LogP contribution in [-0.2, 0) is 39.6 Å². The van der Waals surface area contributed by atoms with E-state index in [0.29, 0.717) is 12.8 Å². The van der Waals surface area contributed by atoms with Crippen LogP contribution in [0.2, 0.25) is 0 Å². The van der Waals surface area contributed by atoms with Crippen LogP contribution in [0.1, 0.15) is 142 Å². The predicted molar refractivity (Wildman–Crippen MR) is 149 cm³/mol. The zero-order valence-corrected chi connectivity index (χ0v) is 33.3. The summed E-state index contributed by atoms with van der Waals surface area (Å²) in [6, 6.07) is 0. The van der Waals surface area contributed by atoms with E-state index in [0.717, 1.165) is 25.7 Å². The van der Waals surface area contributed by atoms with Crippen LogP contribution in [0.15, 0.2) is 0 Å². The van der Waals surface area contributed by atoms with E-state index in [9.17, 15) is 16.8 Å². The SMILES string of the molecule is CCCCCCCCCCCCOS(=O)(=O)O.CCCCCCCCCCCCOS(=O)(=O)O.O=S(=O)([O-])[O-].[K+].[Na+]. The molecule has 0 fully saturated rings. The van der Waals surface area contributed by atoms with Gasteiger partial charge in [0.15, 0.2) is 0 Å². The summed E-state index contributed by atoms with van der Waals surface area (Å²) < 4.78 is 100. The molecule has 0 spiro atoms. The van der Waals surface area contributed by atoms with Crippen molar-refractivity contribution in [2.24, 2.45) is 0 Å². The van der Waals surface area contributed by atoms with Crippen LogP contribution >= 0.6 is 0 Å². The van der Waals surface area contributed by atoms with Crippen molar-refractivity contribution >= 4 is 31.2 Å². The third-order valence-electron chi connectivity index (χ3n) is 5.46. The monoisotopic (exact) mass is 690 g/mol. The summed E-state index contributed by atoms with van der Waals surface area (Å²) in [6.45, 7) is 4.62. The average Bonchev–Trinajstić information content (AvgIpc) is 2.79. The molecule has 0 aliphatic heterocycles. The Morgan fingerprint density at radius 3 is 0.805 bits per heavy atom. The van der Waals surface area contributed by atoms with Gasteiger partial charge in [-0.2, -0.15) is 16.8 Å². The molecule has 0 amide bonds. The number of unbranched alkanes of at least 4 members (excludes halogenated alkanes) is 18. The molecule has 240 valence electrons. The number of hydrogen-bond acceptors (Lipinski definition) is 10. The second-order valence-corrected chi connectivity index (χ2v) is 12.3. The maximum absolute atomic E-state index is 10.2. The van der Waals surface area contributed by atoms with Gasteiger partial charge in [-0.1, -0.05) is 129 Å². The van der Waals surface area contributed by atoms with Crippen LogP contribution in [0.4, 0.5) is 0 Å². The van der Waals surface area contributed by atoms with Gasteiger partial charge >= 0.3 is 102 Å². The molecule has 0 unspecified atom stereocenters.